The van der Waals surface area contributed by atoms with Crippen LogP contribution in [-0.2, 0) is 0 Å². The summed E-state index contributed by atoms with van der Waals surface area (Å²) < 4.78 is 6.39. The number of fused-ring (bicyclic) bond motifs is 1. The molecule has 112 valence electrons. The minimum absolute atomic E-state index is 0.166. The SMILES string of the molecule is COc1cc2ncnc(N[C@H](C)c3ccccc3)c2cc1I. The first-order chi connectivity index (χ1) is 10.7. The second-order valence-electron chi connectivity index (χ2n) is 5.00. The first-order valence-corrected chi connectivity index (χ1v) is 8.06. The maximum atomic E-state index is 5.36. The summed E-state index contributed by atoms with van der Waals surface area (Å²) in [6.45, 7) is 2.12. The number of hydrogen-bond donors (Lipinski definition) is 1. The molecule has 1 N–H and O–H groups in total. The molecule has 22 heavy (non-hydrogen) atoms. The lowest BCUT2D eigenvalue weighted by molar-refractivity contribution is 0.412. The second-order valence-corrected chi connectivity index (χ2v) is 6.17. The van der Waals surface area contributed by atoms with Crippen LogP contribution in [0.1, 0.15) is 18.5 Å². The number of anilines is 1. The van der Waals surface area contributed by atoms with E-state index < -0.39 is 0 Å². The lowest BCUT2D eigenvalue weighted by Crippen LogP contribution is -2.08. The van der Waals surface area contributed by atoms with Gasteiger partial charge in [-0.1, -0.05) is 30.3 Å². The second kappa shape index (κ2) is 6.48. The number of hydrogen-bond acceptors (Lipinski definition) is 4. The fourth-order valence-corrected chi connectivity index (χ4v) is 3.05. The van der Waals surface area contributed by atoms with Gasteiger partial charge < -0.3 is 10.1 Å². The van der Waals surface area contributed by atoms with Crippen LogP contribution in [0.15, 0.2) is 48.8 Å². The van der Waals surface area contributed by atoms with Gasteiger partial charge in [-0.3, -0.25) is 0 Å². The van der Waals surface area contributed by atoms with Crippen LogP contribution in [-0.4, -0.2) is 17.1 Å². The molecule has 3 aromatic rings. The lowest BCUT2D eigenvalue weighted by Gasteiger charge is -2.16. The van der Waals surface area contributed by atoms with E-state index in [4.69, 9.17) is 4.74 Å². The molecule has 0 bridgehead atoms. The molecule has 3 rings (SSSR count). The van der Waals surface area contributed by atoms with E-state index in [1.54, 1.807) is 13.4 Å². The Balaban J connectivity index is 1.99. The summed E-state index contributed by atoms with van der Waals surface area (Å²) in [6, 6.07) is 14.5. The molecule has 2 aromatic carbocycles. The summed E-state index contributed by atoms with van der Waals surface area (Å²) >= 11 is 2.26. The number of rotatable bonds is 4. The molecule has 0 amide bonds. The Morgan fingerprint density at radius 3 is 2.64 bits per heavy atom. The first-order valence-electron chi connectivity index (χ1n) is 6.99. The van der Waals surface area contributed by atoms with Crippen molar-refractivity contribution >= 4 is 39.3 Å². The molecule has 1 heterocycles. The summed E-state index contributed by atoms with van der Waals surface area (Å²) in [5.41, 5.74) is 2.09. The predicted molar refractivity (Wildman–Crippen MR) is 97.3 cm³/mol. The number of benzene rings is 2. The van der Waals surface area contributed by atoms with Gasteiger partial charge in [-0.2, -0.15) is 0 Å². The van der Waals surface area contributed by atoms with Crippen molar-refractivity contribution < 1.29 is 4.74 Å². The molecular weight excluding hydrogens is 389 g/mol. The van der Waals surface area contributed by atoms with Gasteiger partial charge in [-0.15, -0.1) is 0 Å². The third-order valence-electron chi connectivity index (χ3n) is 3.56. The number of nitrogens with zero attached hydrogens (tertiary/aromatic N) is 2. The molecule has 0 spiro atoms. The van der Waals surface area contributed by atoms with Gasteiger partial charge in [0.1, 0.15) is 17.9 Å². The molecule has 0 aliphatic carbocycles. The van der Waals surface area contributed by atoms with Crippen LogP contribution in [0.4, 0.5) is 5.82 Å². The van der Waals surface area contributed by atoms with Gasteiger partial charge in [-0.05, 0) is 41.1 Å². The Morgan fingerprint density at radius 2 is 1.91 bits per heavy atom. The molecule has 5 heteroatoms. The molecule has 0 saturated heterocycles. The fourth-order valence-electron chi connectivity index (χ4n) is 2.36. The van der Waals surface area contributed by atoms with Gasteiger partial charge in [0.25, 0.3) is 0 Å². The van der Waals surface area contributed by atoms with Gasteiger partial charge in [0.15, 0.2) is 0 Å². The average Bonchev–Trinajstić information content (AvgIpc) is 2.55. The van der Waals surface area contributed by atoms with E-state index in [0.717, 1.165) is 26.0 Å². The molecule has 0 saturated carbocycles. The average molecular weight is 405 g/mol. The van der Waals surface area contributed by atoms with E-state index in [1.807, 2.05) is 24.3 Å². The molecule has 0 aliphatic rings. The summed E-state index contributed by atoms with van der Waals surface area (Å²) in [6.07, 6.45) is 1.58. The zero-order chi connectivity index (χ0) is 15.5. The maximum absolute atomic E-state index is 5.36. The van der Waals surface area contributed by atoms with E-state index in [2.05, 4.69) is 63.0 Å². The number of nitrogens with one attached hydrogen (secondary N) is 1. The highest BCUT2D eigenvalue weighted by Gasteiger charge is 2.11. The zero-order valence-electron chi connectivity index (χ0n) is 12.4. The van der Waals surface area contributed by atoms with E-state index in [0.29, 0.717) is 0 Å². The smallest absolute Gasteiger partial charge is 0.137 e. The van der Waals surface area contributed by atoms with Crippen LogP contribution < -0.4 is 10.1 Å². The molecule has 0 aliphatic heterocycles. The molecule has 1 atom stereocenters. The van der Waals surface area contributed by atoms with Crippen LogP contribution in [0.2, 0.25) is 0 Å². The summed E-state index contributed by atoms with van der Waals surface area (Å²) in [5.74, 6) is 1.66. The van der Waals surface area contributed by atoms with Crippen LogP contribution in [0, 0.1) is 3.57 Å². The Hall–Kier alpha value is -1.89. The summed E-state index contributed by atoms with van der Waals surface area (Å²) in [5, 5.41) is 4.47. The largest absolute Gasteiger partial charge is 0.496 e. The Labute approximate surface area is 143 Å². The van der Waals surface area contributed by atoms with Crippen LogP contribution in [0.25, 0.3) is 10.9 Å². The topological polar surface area (TPSA) is 47.0 Å². The van der Waals surface area contributed by atoms with Gasteiger partial charge in [0.05, 0.1) is 16.2 Å². The standard InChI is InChI=1S/C17H16IN3O/c1-11(12-6-4-3-5-7-12)21-17-13-8-14(18)16(22-2)9-15(13)19-10-20-17/h3-11H,1-2H3,(H,19,20,21)/t11-/m1/s1. The van der Waals surface area contributed by atoms with Gasteiger partial charge >= 0.3 is 0 Å². The quantitative estimate of drug-likeness (QED) is 0.653. The Kier molecular flexibility index (Phi) is 4.42. The van der Waals surface area contributed by atoms with Crippen molar-refractivity contribution in [1.29, 1.82) is 0 Å². The number of halogens is 1. The monoisotopic (exact) mass is 405 g/mol. The highest BCUT2D eigenvalue weighted by Crippen LogP contribution is 2.30. The Bertz CT molecular complexity index is 793. The summed E-state index contributed by atoms with van der Waals surface area (Å²) in [7, 11) is 1.67. The fraction of sp³-hybridized carbons (Fsp3) is 0.176. The first kappa shape index (κ1) is 15.0. The van der Waals surface area contributed by atoms with Crippen LogP contribution >= 0.6 is 22.6 Å². The third kappa shape index (κ3) is 2.99. The van der Waals surface area contributed by atoms with Gasteiger partial charge in [0.2, 0.25) is 0 Å². The maximum Gasteiger partial charge on any atom is 0.137 e. The van der Waals surface area contributed by atoms with Crippen molar-refractivity contribution in [2.75, 3.05) is 12.4 Å². The predicted octanol–water partition coefficient (Wildman–Crippen LogP) is 4.42. The van der Waals surface area contributed by atoms with Gasteiger partial charge in [0, 0.05) is 17.5 Å². The minimum atomic E-state index is 0.166. The van der Waals surface area contributed by atoms with Crippen molar-refractivity contribution in [1.82, 2.24) is 9.97 Å². The van der Waals surface area contributed by atoms with Crippen molar-refractivity contribution in [2.24, 2.45) is 0 Å². The molecular formula is C17H16IN3O. The molecule has 0 radical (unpaired) electrons. The highest BCUT2D eigenvalue weighted by atomic mass is 127. The van der Waals surface area contributed by atoms with Crippen molar-refractivity contribution in [3.63, 3.8) is 0 Å². The zero-order valence-corrected chi connectivity index (χ0v) is 14.5. The van der Waals surface area contributed by atoms with Crippen molar-refractivity contribution in [3.8, 4) is 5.75 Å². The van der Waals surface area contributed by atoms with Crippen molar-refractivity contribution in [3.05, 3.63) is 57.9 Å². The molecule has 1 aromatic heterocycles. The normalized spacial score (nSPS) is 12.1. The lowest BCUT2D eigenvalue weighted by atomic mass is 10.1. The van der Waals surface area contributed by atoms with E-state index >= 15 is 0 Å². The van der Waals surface area contributed by atoms with E-state index in [1.165, 1.54) is 5.56 Å². The van der Waals surface area contributed by atoms with Crippen LogP contribution in [0.3, 0.4) is 0 Å². The Morgan fingerprint density at radius 1 is 1.14 bits per heavy atom. The highest BCUT2D eigenvalue weighted by molar-refractivity contribution is 14.1. The van der Waals surface area contributed by atoms with Crippen LogP contribution in [0.5, 0.6) is 5.75 Å². The van der Waals surface area contributed by atoms with Gasteiger partial charge in [-0.25, -0.2) is 9.97 Å². The summed E-state index contributed by atoms with van der Waals surface area (Å²) in [4.78, 5) is 8.74. The molecule has 0 fully saturated rings. The van der Waals surface area contributed by atoms with E-state index in [9.17, 15) is 0 Å². The number of aromatic nitrogens is 2. The molecule has 4 nitrogen and oxygen atoms in total. The number of ether oxygens (including phenoxy) is 1. The van der Waals surface area contributed by atoms with E-state index in [-0.39, 0.29) is 6.04 Å². The third-order valence-corrected chi connectivity index (χ3v) is 4.40. The van der Waals surface area contributed by atoms with Crippen molar-refractivity contribution in [2.45, 2.75) is 13.0 Å². The molecule has 0 unspecified atom stereocenters. The number of methoxy groups -OCH3 is 1. The minimum Gasteiger partial charge on any atom is -0.496 e.